The first-order chi connectivity index (χ1) is 22.8. The van der Waals surface area contributed by atoms with Gasteiger partial charge < -0.3 is 15.2 Å². The van der Waals surface area contributed by atoms with Gasteiger partial charge in [0.25, 0.3) is 15.9 Å². The monoisotopic (exact) mass is 651 g/mol. The minimum absolute atomic E-state index is 0.0244. The molecule has 0 atom stereocenters. The lowest BCUT2D eigenvalue weighted by Gasteiger charge is -2.13. The summed E-state index contributed by atoms with van der Waals surface area (Å²) in [4.78, 5) is 30.4. The smallest absolute Gasteiger partial charge is 0.265 e. The zero-order valence-corrected chi connectivity index (χ0v) is 27.6. The van der Waals surface area contributed by atoms with E-state index in [0.717, 1.165) is 65.8 Å². The van der Waals surface area contributed by atoms with Gasteiger partial charge in [0.15, 0.2) is 0 Å². The Labute approximate surface area is 276 Å². The van der Waals surface area contributed by atoms with Crippen molar-refractivity contribution < 1.29 is 18.0 Å². The number of anilines is 1. The molecule has 47 heavy (non-hydrogen) atoms. The molecule has 10 heteroatoms. The third-order valence-electron chi connectivity index (χ3n) is 7.94. The highest BCUT2D eigenvalue weighted by atomic mass is 32.2. The van der Waals surface area contributed by atoms with Gasteiger partial charge in [-0.15, -0.1) is 0 Å². The normalized spacial score (nSPS) is 11.4. The van der Waals surface area contributed by atoms with Crippen molar-refractivity contribution in [2.24, 2.45) is 0 Å². The number of hydrogen-bond donors (Lipinski definition) is 3. The lowest BCUT2D eigenvalue weighted by Crippen LogP contribution is -2.30. The molecule has 0 unspecified atom stereocenters. The van der Waals surface area contributed by atoms with Crippen LogP contribution in [0.15, 0.2) is 102 Å². The Kier molecular flexibility index (Phi) is 11.1. The fourth-order valence-corrected chi connectivity index (χ4v) is 6.36. The van der Waals surface area contributed by atoms with Crippen molar-refractivity contribution in [1.82, 2.24) is 19.6 Å². The molecule has 0 aliphatic carbocycles. The summed E-state index contributed by atoms with van der Waals surface area (Å²) in [5.41, 5.74) is 5.47. The summed E-state index contributed by atoms with van der Waals surface area (Å²) in [6, 6.07) is 28.7. The number of carbonyl (C=O) groups excluding carboxylic acids is 2. The summed E-state index contributed by atoms with van der Waals surface area (Å²) in [7, 11) is -4.02. The first-order valence-electron chi connectivity index (χ1n) is 16.1. The number of aromatic nitrogens is 2. The van der Waals surface area contributed by atoms with E-state index in [2.05, 4.69) is 33.8 Å². The van der Waals surface area contributed by atoms with E-state index in [1.807, 2.05) is 54.6 Å². The van der Waals surface area contributed by atoms with Gasteiger partial charge in [-0.3, -0.25) is 9.59 Å². The molecule has 1 heterocycles. The highest BCUT2D eigenvalue weighted by Crippen LogP contribution is 2.27. The second-order valence-electron chi connectivity index (χ2n) is 11.5. The Balaban J connectivity index is 1.36. The van der Waals surface area contributed by atoms with Gasteiger partial charge in [-0.25, -0.2) is 18.1 Å². The van der Waals surface area contributed by atoms with Crippen LogP contribution >= 0.6 is 0 Å². The zero-order chi connectivity index (χ0) is 33.2. The number of nitrogens with one attached hydrogen (secondary N) is 3. The van der Waals surface area contributed by atoms with Crippen LogP contribution in [0.4, 0.5) is 5.69 Å². The van der Waals surface area contributed by atoms with Gasteiger partial charge >= 0.3 is 0 Å². The average molecular weight is 652 g/mol. The molecule has 0 aliphatic rings. The van der Waals surface area contributed by atoms with E-state index in [4.69, 9.17) is 4.98 Å². The van der Waals surface area contributed by atoms with E-state index in [1.165, 1.54) is 12.1 Å². The standard InChI is InChI=1S/C37H41N5O4S/c1-3-5-16-35-40-33-22-21-29(39-25-36(43)38-23-6-4-2)24-34(33)42(35)26-27-17-19-28(20-18-27)31-14-10-11-15-32(31)37(44)41-47(45,46)30-12-8-7-9-13-30/h7-15,17-22,24,39H,3-6,16,23,25-26H2,1-2H3,(H,38,43)(H,41,44). The molecule has 4 aromatic carbocycles. The van der Waals surface area contributed by atoms with E-state index in [1.54, 1.807) is 30.3 Å². The number of aryl methyl sites for hydroxylation is 1. The largest absolute Gasteiger partial charge is 0.376 e. The van der Waals surface area contributed by atoms with Crippen LogP contribution in [0.1, 0.15) is 61.3 Å². The van der Waals surface area contributed by atoms with Crippen LogP contribution in [-0.2, 0) is 27.8 Å². The molecule has 0 fully saturated rings. The molecular weight excluding hydrogens is 611 g/mol. The van der Waals surface area contributed by atoms with Gasteiger partial charge in [0, 0.05) is 30.8 Å². The molecule has 1 aromatic heterocycles. The van der Waals surface area contributed by atoms with Crippen LogP contribution in [0.5, 0.6) is 0 Å². The maximum Gasteiger partial charge on any atom is 0.265 e. The summed E-state index contributed by atoms with van der Waals surface area (Å²) < 4.78 is 30.1. The molecule has 0 saturated carbocycles. The SMILES string of the molecule is CCCCNC(=O)CNc1ccc2nc(CCCC)n(Cc3ccc(-c4ccccc4C(=O)NS(=O)(=O)c4ccccc4)cc3)c2c1. The fourth-order valence-electron chi connectivity index (χ4n) is 5.37. The predicted octanol–water partition coefficient (Wildman–Crippen LogP) is 6.54. The second-order valence-corrected chi connectivity index (χ2v) is 13.2. The van der Waals surface area contributed by atoms with Crippen LogP contribution in [0.25, 0.3) is 22.2 Å². The van der Waals surface area contributed by atoms with Gasteiger partial charge in [-0.1, -0.05) is 87.4 Å². The molecule has 0 saturated heterocycles. The van der Waals surface area contributed by atoms with Gasteiger partial charge in [-0.2, -0.15) is 0 Å². The summed E-state index contributed by atoms with van der Waals surface area (Å²) in [5, 5.41) is 6.18. The molecule has 0 spiro atoms. The van der Waals surface area contributed by atoms with Crippen LogP contribution in [-0.4, -0.2) is 42.9 Å². The van der Waals surface area contributed by atoms with Crippen molar-refractivity contribution in [1.29, 1.82) is 0 Å². The average Bonchev–Trinajstić information content (AvgIpc) is 3.43. The van der Waals surface area contributed by atoms with E-state index < -0.39 is 15.9 Å². The molecule has 5 aromatic rings. The summed E-state index contributed by atoms with van der Waals surface area (Å²) in [6.07, 6.45) is 4.91. The Morgan fingerprint density at radius 1 is 0.830 bits per heavy atom. The summed E-state index contributed by atoms with van der Waals surface area (Å²) >= 11 is 0. The second kappa shape index (κ2) is 15.6. The molecular formula is C37H41N5O4S. The zero-order valence-electron chi connectivity index (χ0n) is 26.8. The number of imidazole rings is 1. The summed E-state index contributed by atoms with van der Waals surface area (Å²) in [5.74, 6) is 0.275. The maximum absolute atomic E-state index is 13.2. The van der Waals surface area contributed by atoms with Crippen LogP contribution < -0.4 is 15.4 Å². The Hall–Kier alpha value is -4.96. The summed E-state index contributed by atoms with van der Waals surface area (Å²) in [6.45, 7) is 5.72. The molecule has 0 aliphatic heterocycles. The van der Waals surface area contributed by atoms with Crippen LogP contribution in [0.2, 0.25) is 0 Å². The number of benzene rings is 4. The minimum atomic E-state index is -4.02. The highest BCUT2D eigenvalue weighted by molar-refractivity contribution is 7.90. The Morgan fingerprint density at radius 2 is 1.55 bits per heavy atom. The molecule has 244 valence electrons. The third kappa shape index (κ3) is 8.45. The first-order valence-corrected chi connectivity index (χ1v) is 17.6. The van der Waals surface area contributed by atoms with Crippen molar-refractivity contribution in [3.05, 3.63) is 114 Å². The van der Waals surface area contributed by atoms with Crippen molar-refractivity contribution in [3.63, 3.8) is 0 Å². The molecule has 0 bridgehead atoms. The number of rotatable bonds is 15. The van der Waals surface area contributed by atoms with Crippen molar-refractivity contribution in [3.8, 4) is 11.1 Å². The molecule has 2 amide bonds. The number of carbonyl (C=O) groups is 2. The van der Waals surface area contributed by atoms with Gasteiger partial charge in [-0.05, 0) is 65.9 Å². The van der Waals surface area contributed by atoms with Crippen molar-refractivity contribution in [2.45, 2.75) is 57.4 Å². The molecule has 9 nitrogen and oxygen atoms in total. The molecule has 5 rings (SSSR count). The number of fused-ring (bicyclic) bond motifs is 1. The lowest BCUT2D eigenvalue weighted by molar-refractivity contribution is -0.119. The fraction of sp³-hybridized carbons (Fsp3) is 0.270. The quantitative estimate of drug-likeness (QED) is 0.111. The highest BCUT2D eigenvalue weighted by Gasteiger charge is 2.21. The van der Waals surface area contributed by atoms with Gasteiger partial charge in [0.1, 0.15) is 5.82 Å². The van der Waals surface area contributed by atoms with Gasteiger partial charge in [0.05, 0.1) is 22.5 Å². The number of sulfonamides is 1. The number of hydrogen-bond acceptors (Lipinski definition) is 6. The van der Waals surface area contributed by atoms with Gasteiger partial charge in [0.2, 0.25) is 5.91 Å². The molecule has 3 N–H and O–H groups in total. The topological polar surface area (TPSA) is 122 Å². The van der Waals surface area contributed by atoms with Crippen molar-refractivity contribution in [2.75, 3.05) is 18.4 Å². The molecule has 0 radical (unpaired) electrons. The van der Waals surface area contributed by atoms with Crippen LogP contribution in [0, 0.1) is 0 Å². The first kappa shape index (κ1) is 33.4. The number of amides is 2. The number of unbranched alkanes of at least 4 members (excludes halogenated alkanes) is 2. The van der Waals surface area contributed by atoms with Crippen molar-refractivity contribution >= 4 is 38.6 Å². The van der Waals surface area contributed by atoms with Crippen LogP contribution in [0.3, 0.4) is 0 Å². The van der Waals surface area contributed by atoms with E-state index in [0.29, 0.717) is 18.7 Å². The van der Waals surface area contributed by atoms with E-state index in [-0.39, 0.29) is 22.9 Å². The number of nitrogens with zero attached hydrogens (tertiary/aromatic N) is 2. The Bertz CT molecular complexity index is 1940. The minimum Gasteiger partial charge on any atom is -0.376 e. The third-order valence-corrected chi connectivity index (χ3v) is 9.29. The lowest BCUT2D eigenvalue weighted by atomic mass is 9.98. The predicted molar refractivity (Wildman–Crippen MR) is 187 cm³/mol. The maximum atomic E-state index is 13.2. The van der Waals surface area contributed by atoms with E-state index in [9.17, 15) is 18.0 Å². The van der Waals surface area contributed by atoms with E-state index >= 15 is 0 Å². The Morgan fingerprint density at radius 3 is 2.30 bits per heavy atom.